The molecule has 0 aliphatic heterocycles. The molecule has 1 heterocycles. The van der Waals surface area contributed by atoms with Gasteiger partial charge in [0.25, 0.3) is 5.56 Å². The van der Waals surface area contributed by atoms with Crippen LogP contribution in [-0.4, -0.2) is 21.7 Å². The fourth-order valence-electron chi connectivity index (χ4n) is 3.08. The molecule has 3 rings (SSSR count). The van der Waals surface area contributed by atoms with Crippen molar-refractivity contribution in [1.29, 1.82) is 0 Å². The van der Waals surface area contributed by atoms with Gasteiger partial charge in [-0.1, -0.05) is 17.5 Å². The number of hydrogen-bond acceptors (Lipinski definition) is 4. The van der Waals surface area contributed by atoms with Crippen LogP contribution in [0.1, 0.15) is 28.0 Å². The molecule has 0 N–H and O–H groups in total. The highest BCUT2D eigenvalue weighted by Crippen LogP contribution is 2.24. The zero-order valence-electron chi connectivity index (χ0n) is 13.8. The number of ether oxygens (including phenoxy) is 1. The highest BCUT2D eigenvalue weighted by molar-refractivity contribution is 6.33. The minimum absolute atomic E-state index is 0.187. The van der Waals surface area contributed by atoms with Gasteiger partial charge >= 0.3 is 11.7 Å². The first-order valence-corrected chi connectivity index (χ1v) is 8.18. The quantitative estimate of drug-likeness (QED) is 0.602. The number of fused-ring (bicyclic) bond motifs is 1. The zero-order chi connectivity index (χ0) is 19.0. The zero-order valence-corrected chi connectivity index (χ0v) is 14.6. The van der Waals surface area contributed by atoms with E-state index >= 15 is 0 Å². The molecule has 1 aromatic heterocycles. The lowest BCUT2D eigenvalue weighted by Crippen LogP contribution is -2.41. The summed E-state index contributed by atoms with van der Waals surface area (Å²) in [7, 11) is 1.53. The number of rotatable bonds is 3. The van der Waals surface area contributed by atoms with Crippen LogP contribution in [0.5, 0.6) is 0 Å². The van der Waals surface area contributed by atoms with Crippen molar-refractivity contribution in [2.45, 2.75) is 19.3 Å². The predicted molar refractivity (Wildman–Crippen MR) is 93.4 cm³/mol. The van der Waals surface area contributed by atoms with Gasteiger partial charge in [0, 0.05) is 18.3 Å². The number of carbonyl (C=O) groups excluding carboxylic acids is 1. The molecule has 0 atom stereocenters. The van der Waals surface area contributed by atoms with Gasteiger partial charge in [-0.15, -0.1) is 6.42 Å². The Balaban J connectivity index is 2.25. The van der Waals surface area contributed by atoms with Gasteiger partial charge in [0.05, 0.1) is 16.3 Å². The molecular formula is C18H14ClFN2O4. The second kappa shape index (κ2) is 6.81. The Morgan fingerprint density at radius 3 is 2.81 bits per heavy atom. The summed E-state index contributed by atoms with van der Waals surface area (Å²) >= 11 is 5.90. The topological polar surface area (TPSA) is 70.3 Å². The van der Waals surface area contributed by atoms with Crippen molar-refractivity contribution < 1.29 is 13.9 Å². The Morgan fingerprint density at radius 2 is 2.12 bits per heavy atom. The first-order valence-electron chi connectivity index (χ1n) is 7.80. The maximum absolute atomic E-state index is 14.5. The van der Waals surface area contributed by atoms with E-state index in [1.165, 1.54) is 11.6 Å². The second-order valence-corrected chi connectivity index (χ2v) is 6.23. The molecule has 1 aliphatic rings. The van der Waals surface area contributed by atoms with Gasteiger partial charge < -0.3 is 9.30 Å². The van der Waals surface area contributed by atoms with Crippen LogP contribution in [0.2, 0.25) is 5.02 Å². The Hall–Kier alpha value is -2.85. The highest BCUT2D eigenvalue weighted by Gasteiger charge is 2.25. The summed E-state index contributed by atoms with van der Waals surface area (Å²) in [5.41, 5.74) is -0.711. The monoisotopic (exact) mass is 376 g/mol. The third-order valence-corrected chi connectivity index (χ3v) is 4.63. The van der Waals surface area contributed by atoms with Gasteiger partial charge in [0.1, 0.15) is 5.82 Å². The molecule has 0 amide bonds. The molecule has 0 unspecified atom stereocenters. The molecule has 0 radical (unpaired) electrons. The van der Waals surface area contributed by atoms with Crippen LogP contribution in [0.25, 0.3) is 5.69 Å². The summed E-state index contributed by atoms with van der Waals surface area (Å²) in [4.78, 5) is 37.4. The summed E-state index contributed by atoms with van der Waals surface area (Å²) in [5, 5.41) is -0.209. The Kier molecular flexibility index (Phi) is 4.70. The van der Waals surface area contributed by atoms with Crippen molar-refractivity contribution in [1.82, 2.24) is 9.13 Å². The Labute approximate surface area is 152 Å². The number of hydrogen-bond donors (Lipinski definition) is 0. The molecule has 2 aromatic rings. The third-order valence-electron chi connectivity index (χ3n) is 4.32. The third kappa shape index (κ3) is 2.82. The first kappa shape index (κ1) is 18.0. The molecule has 0 bridgehead atoms. The van der Waals surface area contributed by atoms with Crippen LogP contribution in [0, 0.1) is 18.2 Å². The molecule has 0 saturated heterocycles. The van der Waals surface area contributed by atoms with Gasteiger partial charge in [-0.25, -0.2) is 18.5 Å². The van der Waals surface area contributed by atoms with Crippen molar-refractivity contribution >= 4 is 17.6 Å². The first-order chi connectivity index (χ1) is 12.4. The molecule has 8 heteroatoms. The standard InChI is InChI=1S/C18H14ClFN2O4/c1-3-7-26-17(24)11-8-15(13(20)9-12(11)19)22-16(23)10-5-4-6-14(10)21(2)18(22)25/h1,8-9H,4-7H2,2H3. The number of carbonyl (C=O) groups is 1. The SMILES string of the molecule is C#CCOC(=O)c1cc(-n2c(=O)c3c(n(C)c2=O)CCC3)c(F)cc1Cl. The van der Waals surface area contributed by atoms with E-state index in [4.69, 9.17) is 22.8 Å². The average molecular weight is 377 g/mol. The maximum atomic E-state index is 14.5. The van der Waals surface area contributed by atoms with Gasteiger partial charge in [-0.3, -0.25) is 4.79 Å². The molecule has 6 nitrogen and oxygen atoms in total. The van der Waals surface area contributed by atoms with E-state index in [-0.39, 0.29) is 22.9 Å². The van der Waals surface area contributed by atoms with Crippen LogP contribution < -0.4 is 11.2 Å². The van der Waals surface area contributed by atoms with Crippen LogP contribution >= 0.6 is 11.6 Å². The molecule has 0 saturated carbocycles. The molecule has 0 fully saturated rings. The van der Waals surface area contributed by atoms with Gasteiger partial charge in [0.2, 0.25) is 0 Å². The lowest BCUT2D eigenvalue weighted by Gasteiger charge is -2.14. The fourth-order valence-corrected chi connectivity index (χ4v) is 3.31. The van der Waals surface area contributed by atoms with Crippen LogP contribution in [0.15, 0.2) is 21.7 Å². The van der Waals surface area contributed by atoms with E-state index in [1.807, 2.05) is 0 Å². The van der Waals surface area contributed by atoms with Crippen molar-refractivity contribution in [3.63, 3.8) is 0 Å². The summed E-state index contributed by atoms with van der Waals surface area (Å²) < 4.78 is 21.3. The molecule has 26 heavy (non-hydrogen) atoms. The largest absolute Gasteiger partial charge is 0.449 e. The van der Waals surface area contributed by atoms with E-state index < -0.39 is 23.0 Å². The van der Waals surface area contributed by atoms with Crippen LogP contribution in [0.3, 0.4) is 0 Å². The minimum atomic E-state index is -0.902. The van der Waals surface area contributed by atoms with Crippen LogP contribution in [0.4, 0.5) is 4.39 Å². The molecule has 134 valence electrons. The van der Waals surface area contributed by atoms with E-state index in [2.05, 4.69) is 5.92 Å². The number of halogens is 2. The smallest absolute Gasteiger partial charge is 0.340 e. The lowest BCUT2D eigenvalue weighted by atomic mass is 10.1. The molecular weight excluding hydrogens is 363 g/mol. The summed E-state index contributed by atoms with van der Waals surface area (Å²) in [6.07, 6.45) is 6.90. The Morgan fingerprint density at radius 1 is 1.38 bits per heavy atom. The predicted octanol–water partition coefficient (Wildman–Crippen LogP) is 1.61. The van der Waals surface area contributed by atoms with Crippen molar-refractivity contribution in [3.05, 3.63) is 60.6 Å². The fraction of sp³-hybridized carbons (Fsp3) is 0.278. The number of benzene rings is 1. The summed E-state index contributed by atoms with van der Waals surface area (Å²) in [5.74, 6) is 0.354. The Bertz CT molecular complexity index is 1080. The highest BCUT2D eigenvalue weighted by atomic mass is 35.5. The second-order valence-electron chi connectivity index (χ2n) is 5.82. The summed E-state index contributed by atoms with van der Waals surface area (Å²) in [6.45, 7) is -0.289. The van der Waals surface area contributed by atoms with Gasteiger partial charge in [-0.05, 0) is 31.4 Å². The van der Waals surface area contributed by atoms with E-state index in [9.17, 15) is 18.8 Å². The van der Waals surface area contributed by atoms with Gasteiger partial charge in [-0.2, -0.15) is 0 Å². The number of terminal acetylenes is 1. The molecule has 1 aliphatic carbocycles. The maximum Gasteiger partial charge on any atom is 0.340 e. The number of aromatic nitrogens is 2. The average Bonchev–Trinajstić information content (AvgIpc) is 3.09. The van der Waals surface area contributed by atoms with E-state index in [0.717, 1.165) is 18.6 Å². The van der Waals surface area contributed by atoms with E-state index in [0.29, 0.717) is 28.7 Å². The van der Waals surface area contributed by atoms with Crippen LogP contribution in [-0.2, 0) is 24.6 Å². The lowest BCUT2D eigenvalue weighted by molar-refractivity contribution is 0.0557. The normalized spacial score (nSPS) is 12.5. The van der Waals surface area contributed by atoms with Crippen molar-refractivity contribution in [2.24, 2.45) is 7.05 Å². The summed E-state index contributed by atoms with van der Waals surface area (Å²) in [6, 6.07) is 1.89. The van der Waals surface area contributed by atoms with E-state index in [1.54, 1.807) is 0 Å². The minimum Gasteiger partial charge on any atom is -0.449 e. The van der Waals surface area contributed by atoms with Crippen molar-refractivity contribution in [3.8, 4) is 18.0 Å². The molecule has 1 aromatic carbocycles. The molecule has 0 spiro atoms. The number of esters is 1. The van der Waals surface area contributed by atoms with Crippen molar-refractivity contribution in [2.75, 3.05) is 6.61 Å². The number of nitrogens with zero attached hydrogens (tertiary/aromatic N) is 2. The van der Waals surface area contributed by atoms with Gasteiger partial charge in [0.15, 0.2) is 6.61 Å².